The Morgan fingerprint density at radius 1 is 0.769 bits per heavy atom. The lowest BCUT2D eigenvalue weighted by molar-refractivity contribution is 0.328. The Labute approximate surface area is 85.1 Å². The van der Waals surface area contributed by atoms with Crippen LogP contribution in [0.5, 0.6) is 0 Å². The lowest BCUT2D eigenvalue weighted by Gasteiger charge is -2.19. The van der Waals surface area contributed by atoms with Crippen molar-refractivity contribution >= 4 is 0 Å². The quantitative estimate of drug-likeness (QED) is 0.528. The topological polar surface area (TPSA) is 0 Å². The van der Waals surface area contributed by atoms with Gasteiger partial charge in [-0.25, -0.2) is 0 Å². The zero-order chi connectivity index (χ0) is 10.3. The molecule has 0 amide bonds. The van der Waals surface area contributed by atoms with Crippen molar-refractivity contribution in [1.82, 2.24) is 0 Å². The van der Waals surface area contributed by atoms with E-state index in [-0.39, 0.29) is 0 Å². The van der Waals surface area contributed by atoms with Crippen molar-refractivity contribution in [3.8, 4) is 0 Å². The summed E-state index contributed by atoms with van der Waals surface area (Å²) in [5, 5.41) is 0. The average Bonchev–Trinajstić information content (AvgIpc) is 2.04. The van der Waals surface area contributed by atoms with Gasteiger partial charge in [-0.2, -0.15) is 0 Å². The molecule has 0 saturated carbocycles. The molecule has 0 saturated heterocycles. The van der Waals surface area contributed by atoms with Crippen LogP contribution in [0.3, 0.4) is 0 Å². The standard InChI is InChI=1S/C13H28/c1-6-8-12(4)10-13(5)9-11(3)7-2/h11-13H,6-10H2,1-5H3/t11-,12+,13-/m1/s1. The minimum Gasteiger partial charge on any atom is -0.0654 e. The van der Waals surface area contributed by atoms with Gasteiger partial charge < -0.3 is 0 Å². The largest absolute Gasteiger partial charge is 0.0654 e. The average molecular weight is 184 g/mol. The van der Waals surface area contributed by atoms with Crippen molar-refractivity contribution in [2.45, 2.75) is 66.7 Å². The Hall–Kier alpha value is 0. The number of hydrogen-bond donors (Lipinski definition) is 0. The second-order valence-electron chi connectivity index (χ2n) is 4.98. The van der Waals surface area contributed by atoms with E-state index in [1.807, 2.05) is 0 Å². The first kappa shape index (κ1) is 13.0. The second-order valence-corrected chi connectivity index (χ2v) is 4.98. The minimum atomic E-state index is 0.920. The van der Waals surface area contributed by atoms with Crippen molar-refractivity contribution in [2.75, 3.05) is 0 Å². The first-order valence-corrected chi connectivity index (χ1v) is 6.10. The summed E-state index contributed by atoms with van der Waals surface area (Å²) in [6.07, 6.45) is 6.94. The van der Waals surface area contributed by atoms with Gasteiger partial charge in [0.25, 0.3) is 0 Å². The van der Waals surface area contributed by atoms with Gasteiger partial charge in [0.2, 0.25) is 0 Å². The van der Waals surface area contributed by atoms with Gasteiger partial charge in [0.05, 0.1) is 0 Å². The van der Waals surface area contributed by atoms with Gasteiger partial charge in [-0.05, 0) is 30.6 Å². The van der Waals surface area contributed by atoms with E-state index >= 15 is 0 Å². The number of hydrogen-bond acceptors (Lipinski definition) is 0. The van der Waals surface area contributed by atoms with Crippen LogP contribution >= 0.6 is 0 Å². The van der Waals surface area contributed by atoms with Gasteiger partial charge in [-0.15, -0.1) is 0 Å². The Bertz CT molecular complexity index is 107. The van der Waals surface area contributed by atoms with Crippen LogP contribution < -0.4 is 0 Å². The second kappa shape index (κ2) is 7.41. The zero-order valence-electron chi connectivity index (χ0n) is 10.3. The summed E-state index contributed by atoms with van der Waals surface area (Å²) < 4.78 is 0. The molecule has 0 radical (unpaired) electrons. The fourth-order valence-corrected chi connectivity index (χ4v) is 2.25. The zero-order valence-corrected chi connectivity index (χ0v) is 10.3. The monoisotopic (exact) mass is 184 g/mol. The molecule has 0 rings (SSSR count). The van der Waals surface area contributed by atoms with Gasteiger partial charge in [-0.1, -0.05) is 53.9 Å². The van der Waals surface area contributed by atoms with Crippen LogP contribution in [0.25, 0.3) is 0 Å². The van der Waals surface area contributed by atoms with E-state index < -0.39 is 0 Å². The third-order valence-electron chi connectivity index (χ3n) is 3.09. The SMILES string of the molecule is CCC[C@H](C)C[C@H](C)C[C@H](C)CC. The van der Waals surface area contributed by atoms with Crippen LogP contribution in [-0.2, 0) is 0 Å². The summed E-state index contributed by atoms with van der Waals surface area (Å²) in [7, 11) is 0. The van der Waals surface area contributed by atoms with E-state index in [4.69, 9.17) is 0 Å². The molecule has 0 heterocycles. The molecule has 3 atom stereocenters. The molecule has 0 heteroatoms. The summed E-state index contributed by atoms with van der Waals surface area (Å²) in [6.45, 7) is 11.8. The van der Waals surface area contributed by atoms with E-state index in [1.54, 1.807) is 0 Å². The van der Waals surface area contributed by atoms with Gasteiger partial charge in [0.1, 0.15) is 0 Å². The predicted molar refractivity (Wildman–Crippen MR) is 61.9 cm³/mol. The first-order chi connectivity index (χ1) is 6.10. The van der Waals surface area contributed by atoms with Crippen LogP contribution in [0.1, 0.15) is 66.7 Å². The van der Waals surface area contributed by atoms with Crippen molar-refractivity contribution in [3.63, 3.8) is 0 Å². The minimum absolute atomic E-state index is 0.920. The van der Waals surface area contributed by atoms with Crippen molar-refractivity contribution in [1.29, 1.82) is 0 Å². The highest BCUT2D eigenvalue weighted by atomic mass is 14.2. The van der Waals surface area contributed by atoms with Crippen molar-refractivity contribution < 1.29 is 0 Å². The molecule has 0 aliphatic heterocycles. The van der Waals surface area contributed by atoms with E-state index in [0.717, 1.165) is 17.8 Å². The van der Waals surface area contributed by atoms with Crippen molar-refractivity contribution in [3.05, 3.63) is 0 Å². The van der Waals surface area contributed by atoms with E-state index in [2.05, 4.69) is 34.6 Å². The summed E-state index contributed by atoms with van der Waals surface area (Å²) >= 11 is 0. The fourth-order valence-electron chi connectivity index (χ4n) is 2.25. The Balaban J connectivity index is 3.54. The van der Waals surface area contributed by atoms with Crippen LogP contribution in [-0.4, -0.2) is 0 Å². The molecule has 0 bridgehead atoms. The highest BCUT2D eigenvalue weighted by molar-refractivity contribution is 4.62. The van der Waals surface area contributed by atoms with E-state index in [0.29, 0.717) is 0 Å². The molecule has 0 aromatic carbocycles. The Kier molecular flexibility index (Phi) is 7.41. The highest BCUT2D eigenvalue weighted by Crippen LogP contribution is 2.23. The number of rotatable bonds is 7. The Morgan fingerprint density at radius 3 is 1.77 bits per heavy atom. The molecule has 0 aromatic rings. The molecule has 80 valence electrons. The third kappa shape index (κ3) is 7.10. The van der Waals surface area contributed by atoms with Crippen LogP contribution in [0.4, 0.5) is 0 Å². The molecular weight excluding hydrogens is 156 g/mol. The van der Waals surface area contributed by atoms with Crippen LogP contribution in [0.2, 0.25) is 0 Å². The molecule has 0 unspecified atom stereocenters. The predicted octanol–water partition coefficient (Wildman–Crippen LogP) is 4.89. The van der Waals surface area contributed by atoms with E-state index in [1.165, 1.54) is 32.1 Å². The van der Waals surface area contributed by atoms with Gasteiger partial charge >= 0.3 is 0 Å². The van der Waals surface area contributed by atoms with Crippen LogP contribution in [0, 0.1) is 17.8 Å². The molecule has 0 aromatic heterocycles. The van der Waals surface area contributed by atoms with Crippen molar-refractivity contribution in [2.24, 2.45) is 17.8 Å². The maximum Gasteiger partial charge on any atom is -0.0438 e. The maximum absolute atomic E-state index is 2.42. The summed E-state index contributed by atoms with van der Waals surface area (Å²) in [4.78, 5) is 0. The van der Waals surface area contributed by atoms with E-state index in [9.17, 15) is 0 Å². The summed E-state index contributed by atoms with van der Waals surface area (Å²) in [6, 6.07) is 0. The molecule has 0 aliphatic rings. The highest BCUT2D eigenvalue weighted by Gasteiger charge is 2.10. The molecule has 0 fully saturated rings. The lowest BCUT2D eigenvalue weighted by atomic mass is 9.87. The molecule has 0 N–H and O–H groups in total. The lowest BCUT2D eigenvalue weighted by Crippen LogP contribution is -2.07. The third-order valence-corrected chi connectivity index (χ3v) is 3.09. The molecule has 0 aliphatic carbocycles. The fraction of sp³-hybridized carbons (Fsp3) is 1.00. The molecule has 13 heavy (non-hydrogen) atoms. The summed E-state index contributed by atoms with van der Waals surface area (Å²) in [5.41, 5.74) is 0. The maximum atomic E-state index is 2.42. The van der Waals surface area contributed by atoms with Gasteiger partial charge in [-0.3, -0.25) is 0 Å². The van der Waals surface area contributed by atoms with Gasteiger partial charge in [0, 0.05) is 0 Å². The Morgan fingerprint density at radius 2 is 1.31 bits per heavy atom. The first-order valence-electron chi connectivity index (χ1n) is 6.10. The molecule has 0 spiro atoms. The van der Waals surface area contributed by atoms with Crippen LogP contribution in [0.15, 0.2) is 0 Å². The summed E-state index contributed by atoms with van der Waals surface area (Å²) in [5.74, 6) is 2.78. The van der Waals surface area contributed by atoms with Gasteiger partial charge in [0.15, 0.2) is 0 Å². The normalized spacial score (nSPS) is 18.2. The smallest absolute Gasteiger partial charge is 0.0438 e. The molecule has 0 nitrogen and oxygen atoms in total. The molecular formula is C13H28.